The van der Waals surface area contributed by atoms with Crippen molar-refractivity contribution >= 4 is 11.9 Å². The first-order valence-corrected chi connectivity index (χ1v) is 5.53. The first-order chi connectivity index (χ1) is 8.41. The molecule has 2 N–H and O–H groups in total. The molecular weight excluding hydrogens is 238 g/mol. The van der Waals surface area contributed by atoms with Gasteiger partial charge in [0, 0.05) is 13.6 Å². The predicted octanol–water partition coefficient (Wildman–Crippen LogP) is 0.00664. The largest absolute Gasteiger partial charge is 0.481 e. The molecule has 0 aromatic carbocycles. The van der Waals surface area contributed by atoms with Crippen molar-refractivity contribution in [1.29, 1.82) is 0 Å². The number of hydrogen-bond acceptors (Lipinski definition) is 4. The maximum Gasteiger partial charge on any atom is 0.305 e. The first-order valence-electron chi connectivity index (χ1n) is 5.53. The summed E-state index contributed by atoms with van der Waals surface area (Å²) >= 11 is 0. The van der Waals surface area contributed by atoms with E-state index in [2.05, 4.69) is 10.4 Å². The number of carboxylic acids is 1. The topological polar surface area (TPSA) is 93.5 Å². The predicted molar refractivity (Wildman–Crippen MR) is 63.4 cm³/mol. The van der Waals surface area contributed by atoms with E-state index in [9.17, 15) is 9.59 Å². The molecule has 7 nitrogen and oxygen atoms in total. The van der Waals surface area contributed by atoms with Crippen LogP contribution in [0, 0.1) is 13.8 Å². The van der Waals surface area contributed by atoms with Gasteiger partial charge in [0.25, 0.3) is 5.91 Å². The van der Waals surface area contributed by atoms with E-state index >= 15 is 0 Å². The lowest BCUT2D eigenvalue weighted by Gasteiger charge is -2.06. The molecule has 0 bridgehead atoms. The number of rotatable bonds is 6. The van der Waals surface area contributed by atoms with Crippen LogP contribution in [0.2, 0.25) is 0 Å². The monoisotopic (exact) mass is 255 g/mol. The van der Waals surface area contributed by atoms with E-state index in [1.54, 1.807) is 18.7 Å². The van der Waals surface area contributed by atoms with E-state index in [1.165, 1.54) is 0 Å². The lowest BCUT2D eigenvalue weighted by atomic mass is 10.3. The number of carbonyl (C=O) groups is 2. The van der Waals surface area contributed by atoms with Crippen LogP contribution in [0.1, 0.15) is 17.8 Å². The van der Waals surface area contributed by atoms with Gasteiger partial charge >= 0.3 is 5.97 Å². The maximum absolute atomic E-state index is 11.4. The van der Waals surface area contributed by atoms with Crippen molar-refractivity contribution in [2.24, 2.45) is 7.05 Å². The Kier molecular flexibility index (Phi) is 4.70. The Morgan fingerprint density at radius 2 is 2.11 bits per heavy atom. The Bertz CT molecular complexity index is 453. The Hall–Kier alpha value is -2.05. The standard InChI is InChI=1S/C11H17N3O4/c1-7-11(8(2)14(3)13-7)18-6-9(15)12-5-4-10(16)17/h4-6H2,1-3H3,(H,12,15)(H,16,17). The molecule has 7 heteroatoms. The number of aryl methyl sites for hydroxylation is 2. The highest BCUT2D eigenvalue weighted by atomic mass is 16.5. The highest BCUT2D eigenvalue weighted by molar-refractivity contribution is 5.78. The third kappa shape index (κ3) is 3.76. The minimum atomic E-state index is -0.949. The Balaban J connectivity index is 2.40. The van der Waals surface area contributed by atoms with Crippen molar-refractivity contribution in [3.05, 3.63) is 11.4 Å². The molecule has 0 fully saturated rings. The number of amides is 1. The van der Waals surface area contributed by atoms with Crippen molar-refractivity contribution < 1.29 is 19.4 Å². The summed E-state index contributed by atoms with van der Waals surface area (Å²) in [5, 5.41) is 15.0. The second-order valence-electron chi connectivity index (χ2n) is 3.91. The minimum absolute atomic E-state index is 0.0997. The molecule has 0 spiro atoms. The number of carbonyl (C=O) groups excluding carboxylic acids is 1. The molecule has 0 aliphatic heterocycles. The van der Waals surface area contributed by atoms with E-state index in [0.29, 0.717) is 11.4 Å². The van der Waals surface area contributed by atoms with E-state index in [-0.39, 0.29) is 25.5 Å². The lowest BCUT2D eigenvalue weighted by molar-refractivity contribution is -0.137. The third-order valence-electron chi connectivity index (χ3n) is 2.45. The summed E-state index contributed by atoms with van der Waals surface area (Å²) in [4.78, 5) is 21.6. The van der Waals surface area contributed by atoms with Gasteiger partial charge in [0.15, 0.2) is 12.4 Å². The molecular formula is C11H17N3O4. The fourth-order valence-corrected chi connectivity index (χ4v) is 1.46. The molecule has 1 heterocycles. The van der Waals surface area contributed by atoms with Gasteiger partial charge in [0.1, 0.15) is 5.69 Å². The van der Waals surface area contributed by atoms with Gasteiger partial charge in [-0.05, 0) is 13.8 Å². The zero-order chi connectivity index (χ0) is 13.7. The number of ether oxygens (including phenoxy) is 1. The molecule has 0 unspecified atom stereocenters. The van der Waals surface area contributed by atoms with Crippen LogP contribution < -0.4 is 10.1 Å². The third-order valence-corrected chi connectivity index (χ3v) is 2.45. The summed E-state index contributed by atoms with van der Waals surface area (Å²) < 4.78 is 7.04. The summed E-state index contributed by atoms with van der Waals surface area (Å²) in [6.07, 6.45) is -0.101. The Morgan fingerprint density at radius 1 is 1.44 bits per heavy atom. The summed E-state index contributed by atoms with van der Waals surface area (Å²) in [7, 11) is 1.79. The van der Waals surface area contributed by atoms with Crippen molar-refractivity contribution in [2.75, 3.05) is 13.2 Å². The van der Waals surface area contributed by atoms with Gasteiger partial charge in [-0.15, -0.1) is 0 Å². The average molecular weight is 255 g/mol. The van der Waals surface area contributed by atoms with Crippen molar-refractivity contribution in [3.63, 3.8) is 0 Å². The second kappa shape index (κ2) is 6.04. The van der Waals surface area contributed by atoms with Crippen LogP contribution in [-0.2, 0) is 16.6 Å². The fourth-order valence-electron chi connectivity index (χ4n) is 1.46. The summed E-state index contributed by atoms with van der Waals surface area (Å²) in [6, 6.07) is 0. The van der Waals surface area contributed by atoms with E-state index < -0.39 is 5.97 Å². The summed E-state index contributed by atoms with van der Waals surface area (Å²) in [6.45, 7) is 3.60. The normalized spacial score (nSPS) is 10.2. The van der Waals surface area contributed by atoms with Crippen LogP contribution in [0.4, 0.5) is 0 Å². The number of nitrogens with zero attached hydrogens (tertiary/aromatic N) is 2. The Morgan fingerprint density at radius 3 is 2.61 bits per heavy atom. The van der Waals surface area contributed by atoms with E-state index in [0.717, 1.165) is 5.69 Å². The maximum atomic E-state index is 11.4. The number of hydrogen-bond donors (Lipinski definition) is 2. The zero-order valence-corrected chi connectivity index (χ0v) is 10.7. The average Bonchev–Trinajstić information content (AvgIpc) is 2.50. The SMILES string of the molecule is Cc1nn(C)c(C)c1OCC(=O)NCCC(=O)O. The molecule has 18 heavy (non-hydrogen) atoms. The van der Waals surface area contributed by atoms with Crippen LogP contribution in [0.15, 0.2) is 0 Å². The quantitative estimate of drug-likeness (QED) is 0.746. The van der Waals surface area contributed by atoms with Crippen molar-refractivity contribution in [3.8, 4) is 5.75 Å². The van der Waals surface area contributed by atoms with E-state index in [4.69, 9.17) is 9.84 Å². The molecule has 0 atom stereocenters. The minimum Gasteiger partial charge on any atom is -0.481 e. The summed E-state index contributed by atoms with van der Waals surface area (Å²) in [5.74, 6) is -0.708. The highest BCUT2D eigenvalue weighted by Crippen LogP contribution is 2.20. The molecule has 100 valence electrons. The van der Waals surface area contributed by atoms with Crippen molar-refractivity contribution in [1.82, 2.24) is 15.1 Å². The number of carboxylic acid groups (broad SMARTS) is 1. The summed E-state index contributed by atoms with van der Waals surface area (Å²) in [5.41, 5.74) is 1.55. The van der Waals surface area contributed by atoms with Crippen molar-refractivity contribution in [2.45, 2.75) is 20.3 Å². The number of aromatic nitrogens is 2. The van der Waals surface area contributed by atoms with Gasteiger partial charge in [-0.3, -0.25) is 14.3 Å². The fraction of sp³-hybridized carbons (Fsp3) is 0.545. The van der Waals surface area contributed by atoms with E-state index in [1.807, 2.05) is 6.92 Å². The van der Waals surface area contributed by atoms with Gasteiger partial charge in [-0.25, -0.2) is 0 Å². The first kappa shape index (κ1) is 14.0. The molecule has 1 rings (SSSR count). The molecule has 0 radical (unpaired) electrons. The van der Waals surface area contributed by atoms with Gasteiger partial charge in [0.05, 0.1) is 12.1 Å². The van der Waals surface area contributed by atoms with Gasteiger partial charge < -0.3 is 15.2 Å². The van der Waals surface area contributed by atoms with Gasteiger partial charge in [0.2, 0.25) is 0 Å². The van der Waals surface area contributed by atoms with Crippen LogP contribution in [-0.4, -0.2) is 39.9 Å². The van der Waals surface area contributed by atoms with Gasteiger partial charge in [-0.2, -0.15) is 5.10 Å². The molecule has 1 aromatic heterocycles. The molecule has 1 amide bonds. The van der Waals surface area contributed by atoms with Crippen LogP contribution in [0.3, 0.4) is 0 Å². The van der Waals surface area contributed by atoms with Crippen LogP contribution >= 0.6 is 0 Å². The second-order valence-corrected chi connectivity index (χ2v) is 3.91. The lowest BCUT2D eigenvalue weighted by Crippen LogP contribution is -2.30. The molecule has 0 saturated carbocycles. The van der Waals surface area contributed by atoms with Crippen LogP contribution in [0.25, 0.3) is 0 Å². The zero-order valence-electron chi connectivity index (χ0n) is 10.7. The molecule has 0 aliphatic rings. The number of nitrogens with one attached hydrogen (secondary N) is 1. The molecule has 1 aromatic rings. The van der Waals surface area contributed by atoms with Gasteiger partial charge in [-0.1, -0.05) is 0 Å². The molecule has 0 aliphatic carbocycles. The smallest absolute Gasteiger partial charge is 0.305 e. The highest BCUT2D eigenvalue weighted by Gasteiger charge is 2.12. The van der Waals surface area contributed by atoms with Crippen LogP contribution in [0.5, 0.6) is 5.75 Å². The molecule has 0 saturated heterocycles. The number of aliphatic carboxylic acids is 1. The Labute approximate surface area is 105 Å².